The van der Waals surface area contributed by atoms with Crippen LogP contribution in [-0.2, 0) is 22.0 Å². The van der Waals surface area contributed by atoms with Gasteiger partial charge in [-0.1, -0.05) is 5.16 Å². The molecule has 0 bridgehead atoms. The summed E-state index contributed by atoms with van der Waals surface area (Å²) in [4.78, 5) is 4.46. The van der Waals surface area contributed by atoms with Gasteiger partial charge in [0.05, 0.1) is 17.5 Å². The Hall–Kier alpha value is -1.93. The summed E-state index contributed by atoms with van der Waals surface area (Å²) >= 11 is 0. The van der Waals surface area contributed by atoms with Crippen molar-refractivity contribution in [2.45, 2.75) is 37.6 Å². The predicted molar refractivity (Wildman–Crippen MR) is 90.0 cm³/mol. The minimum Gasteiger partial charge on any atom is -0.334 e. The zero-order valence-corrected chi connectivity index (χ0v) is 14.3. The Balaban J connectivity index is 1.69. The van der Waals surface area contributed by atoms with E-state index in [1.54, 1.807) is 0 Å². The first-order valence-corrected chi connectivity index (χ1v) is 9.96. The van der Waals surface area contributed by atoms with E-state index >= 15 is 0 Å². The number of hydrogen-bond donors (Lipinski definition) is 1. The van der Waals surface area contributed by atoms with Crippen molar-refractivity contribution in [3.63, 3.8) is 0 Å². The molecule has 7 nitrogen and oxygen atoms in total. The van der Waals surface area contributed by atoms with E-state index in [9.17, 15) is 8.42 Å². The van der Waals surface area contributed by atoms with Gasteiger partial charge in [0.15, 0.2) is 5.82 Å². The summed E-state index contributed by atoms with van der Waals surface area (Å²) < 4.78 is 30.7. The number of sulfonamides is 1. The van der Waals surface area contributed by atoms with Crippen molar-refractivity contribution < 1.29 is 12.9 Å². The van der Waals surface area contributed by atoms with Crippen LogP contribution in [0.1, 0.15) is 37.1 Å². The van der Waals surface area contributed by atoms with Gasteiger partial charge in [-0.3, -0.25) is 4.31 Å². The number of rotatable bonds is 3. The molecule has 1 fully saturated rings. The Morgan fingerprint density at radius 2 is 2.08 bits per heavy atom. The molecular formula is C16H20N4O3S. The van der Waals surface area contributed by atoms with E-state index in [4.69, 9.17) is 10.3 Å². The fraction of sp³-hybridized carbons (Fsp3) is 0.500. The number of fused-ring (bicyclic) bond motifs is 1. The zero-order chi connectivity index (χ0) is 16.9. The van der Waals surface area contributed by atoms with Gasteiger partial charge in [0.2, 0.25) is 10.0 Å². The van der Waals surface area contributed by atoms with Crippen molar-refractivity contribution in [3.05, 3.63) is 29.6 Å². The lowest BCUT2D eigenvalue weighted by Gasteiger charge is -2.34. The molecule has 128 valence electrons. The van der Waals surface area contributed by atoms with Crippen LogP contribution >= 0.6 is 0 Å². The molecule has 0 saturated heterocycles. The van der Waals surface area contributed by atoms with Gasteiger partial charge in [-0.15, -0.1) is 0 Å². The van der Waals surface area contributed by atoms with E-state index in [0.29, 0.717) is 18.3 Å². The Bertz CT molecular complexity index is 886. The molecular weight excluding hydrogens is 328 g/mol. The average Bonchev–Trinajstić information content (AvgIpc) is 3.01. The van der Waals surface area contributed by atoms with Crippen LogP contribution in [0.4, 0.5) is 5.69 Å². The number of nitrogens with two attached hydrogens (primary N) is 1. The van der Waals surface area contributed by atoms with Crippen molar-refractivity contribution in [2.75, 3.05) is 17.1 Å². The van der Waals surface area contributed by atoms with E-state index < -0.39 is 15.6 Å². The third-order valence-corrected chi connectivity index (χ3v) is 6.10. The standard InChI is InChI=1S/C16H20N4O3S/c1-24(21,22)20-9-2-4-11-10-12(5-6-13(11)20)14-18-15(19-23-14)16(17)7-3-8-16/h5-6,10H,2-4,7-9,17H2,1H3. The summed E-state index contributed by atoms with van der Waals surface area (Å²) in [5.74, 6) is 0.986. The van der Waals surface area contributed by atoms with Gasteiger partial charge >= 0.3 is 0 Å². The summed E-state index contributed by atoms with van der Waals surface area (Å²) in [5, 5.41) is 4.04. The molecule has 2 aliphatic rings. The molecule has 0 radical (unpaired) electrons. The van der Waals surface area contributed by atoms with E-state index in [2.05, 4.69) is 10.1 Å². The van der Waals surface area contributed by atoms with Crippen molar-refractivity contribution in [1.29, 1.82) is 0 Å². The lowest BCUT2D eigenvalue weighted by molar-refractivity contribution is 0.229. The minimum absolute atomic E-state index is 0.431. The van der Waals surface area contributed by atoms with Crippen LogP contribution in [0, 0.1) is 0 Å². The van der Waals surface area contributed by atoms with Crippen LogP contribution in [-0.4, -0.2) is 31.4 Å². The average molecular weight is 348 g/mol. The summed E-state index contributed by atoms with van der Waals surface area (Å²) in [6.07, 6.45) is 5.70. The molecule has 4 rings (SSSR count). The molecule has 1 aliphatic carbocycles. The lowest BCUT2D eigenvalue weighted by Crippen LogP contribution is -2.44. The number of anilines is 1. The molecule has 2 aromatic rings. The molecule has 1 saturated carbocycles. The van der Waals surface area contributed by atoms with Crippen LogP contribution in [0.2, 0.25) is 0 Å². The first kappa shape index (κ1) is 15.6. The van der Waals surface area contributed by atoms with Crippen LogP contribution < -0.4 is 10.0 Å². The molecule has 2 N–H and O–H groups in total. The Morgan fingerprint density at radius 3 is 2.75 bits per heavy atom. The zero-order valence-electron chi connectivity index (χ0n) is 13.5. The van der Waals surface area contributed by atoms with Crippen molar-refractivity contribution >= 4 is 15.7 Å². The van der Waals surface area contributed by atoms with E-state index in [1.807, 2.05) is 18.2 Å². The fourth-order valence-corrected chi connectivity index (χ4v) is 4.36. The van der Waals surface area contributed by atoms with Crippen LogP contribution in [0.15, 0.2) is 22.7 Å². The molecule has 8 heteroatoms. The lowest BCUT2D eigenvalue weighted by atomic mass is 9.77. The molecule has 0 unspecified atom stereocenters. The normalized spacial score (nSPS) is 19.7. The molecule has 0 atom stereocenters. The van der Waals surface area contributed by atoms with Crippen molar-refractivity contribution in [3.8, 4) is 11.5 Å². The van der Waals surface area contributed by atoms with Gasteiger partial charge < -0.3 is 10.3 Å². The molecule has 0 amide bonds. The third-order valence-electron chi connectivity index (χ3n) is 4.92. The maximum absolute atomic E-state index is 11.9. The van der Waals surface area contributed by atoms with E-state index in [1.165, 1.54) is 10.6 Å². The molecule has 24 heavy (non-hydrogen) atoms. The summed E-state index contributed by atoms with van der Waals surface area (Å²) in [6, 6.07) is 5.58. The summed E-state index contributed by atoms with van der Waals surface area (Å²) in [6.45, 7) is 0.519. The largest absolute Gasteiger partial charge is 0.334 e. The fourth-order valence-electron chi connectivity index (χ4n) is 3.36. The molecule has 1 aromatic heterocycles. The second-order valence-electron chi connectivity index (χ2n) is 6.72. The third kappa shape index (κ3) is 2.50. The summed E-state index contributed by atoms with van der Waals surface area (Å²) in [7, 11) is -3.26. The SMILES string of the molecule is CS(=O)(=O)N1CCCc2cc(-c3nc(C4(N)CCC4)no3)ccc21. The van der Waals surface area contributed by atoms with Crippen LogP contribution in [0.25, 0.3) is 11.5 Å². The number of aromatic nitrogens is 2. The first-order valence-electron chi connectivity index (χ1n) is 8.11. The van der Waals surface area contributed by atoms with Crippen LogP contribution in [0.5, 0.6) is 0 Å². The molecule has 1 aliphatic heterocycles. The van der Waals surface area contributed by atoms with Crippen LogP contribution in [0.3, 0.4) is 0 Å². The monoisotopic (exact) mass is 348 g/mol. The maximum atomic E-state index is 11.9. The van der Waals surface area contributed by atoms with Gasteiger partial charge in [-0.2, -0.15) is 4.98 Å². The number of benzene rings is 1. The quantitative estimate of drug-likeness (QED) is 0.907. The van der Waals surface area contributed by atoms with Crippen molar-refractivity contribution in [2.24, 2.45) is 5.73 Å². The highest BCUT2D eigenvalue weighted by Crippen LogP contribution is 2.38. The number of nitrogens with zero attached hydrogens (tertiary/aromatic N) is 3. The van der Waals surface area contributed by atoms with E-state index in [-0.39, 0.29) is 0 Å². The van der Waals surface area contributed by atoms with Gasteiger partial charge in [0.25, 0.3) is 5.89 Å². The number of hydrogen-bond acceptors (Lipinski definition) is 6. The molecule has 2 heterocycles. The molecule has 1 aromatic carbocycles. The highest BCUT2D eigenvalue weighted by atomic mass is 32.2. The summed E-state index contributed by atoms with van der Waals surface area (Å²) in [5.41, 5.74) is 8.29. The Morgan fingerprint density at radius 1 is 1.29 bits per heavy atom. The first-order chi connectivity index (χ1) is 11.4. The predicted octanol–water partition coefficient (Wildman–Crippen LogP) is 1.79. The Kier molecular flexibility index (Phi) is 3.43. The van der Waals surface area contributed by atoms with Gasteiger partial charge in [0.1, 0.15) is 0 Å². The Labute approximate surface area is 140 Å². The smallest absolute Gasteiger partial charge is 0.258 e. The topological polar surface area (TPSA) is 102 Å². The second kappa shape index (κ2) is 5.29. The molecule has 0 spiro atoms. The minimum atomic E-state index is -3.26. The van der Waals surface area contributed by atoms with Gasteiger partial charge in [-0.05, 0) is 55.9 Å². The maximum Gasteiger partial charge on any atom is 0.258 e. The van der Waals surface area contributed by atoms with Crippen molar-refractivity contribution in [1.82, 2.24) is 10.1 Å². The highest BCUT2D eigenvalue weighted by molar-refractivity contribution is 7.92. The number of aryl methyl sites for hydroxylation is 1. The van der Waals surface area contributed by atoms with Gasteiger partial charge in [0, 0.05) is 12.1 Å². The highest BCUT2D eigenvalue weighted by Gasteiger charge is 2.39. The van der Waals surface area contributed by atoms with E-state index in [0.717, 1.165) is 48.9 Å². The van der Waals surface area contributed by atoms with Gasteiger partial charge in [-0.25, -0.2) is 8.42 Å². The second-order valence-corrected chi connectivity index (χ2v) is 8.62.